The van der Waals surface area contributed by atoms with Gasteiger partial charge in [-0.05, 0) is 38.7 Å². The summed E-state index contributed by atoms with van der Waals surface area (Å²) in [5, 5.41) is 0. The molecule has 0 saturated carbocycles. The predicted molar refractivity (Wildman–Crippen MR) is 87.0 cm³/mol. The van der Waals surface area contributed by atoms with E-state index in [0.29, 0.717) is 18.3 Å². The van der Waals surface area contributed by atoms with Gasteiger partial charge in [0.1, 0.15) is 5.78 Å². The molecule has 20 heavy (non-hydrogen) atoms. The summed E-state index contributed by atoms with van der Waals surface area (Å²) in [5.74, 6) is 13.3. The third kappa shape index (κ3) is 12.7. The van der Waals surface area contributed by atoms with Crippen molar-refractivity contribution in [2.75, 3.05) is 0 Å². The van der Waals surface area contributed by atoms with Crippen molar-refractivity contribution < 1.29 is 4.79 Å². The van der Waals surface area contributed by atoms with Crippen molar-refractivity contribution in [3.05, 3.63) is 24.3 Å². The smallest absolute Gasteiger partial charge is 0.129 e. The van der Waals surface area contributed by atoms with Crippen molar-refractivity contribution in [3.63, 3.8) is 0 Å². The summed E-state index contributed by atoms with van der Waals surface area (Å²) in [6.45, 7) is 7.75. The van der Waals surface area contributed by atoms with E-state index in [1.54, 1.807) is 6.92 Å². The molecule has 0 N–H and O–H groups in total. The third-order valence-corrected chi connectivity index (χ3v) is 2.83. The van der Waals surface area contributed by atoms with Crippen LogP contribution in [-0.4, -0.2) is 5.78 Å². The molecule has 0 aliphatic heterocycles. The zero-order valence-corrected chi connectivity index (χ0v) is 13.2. The summed E-state index contributed by atoms with van der Waals surface area (Å²) in [5.41, 5.74) is 0. The maximum absolute atomic E-state index is 10.8. The number of rotatable bonds is 7. The fourth-order valence-electron chi connectivity index (χ4n) is 1.61. The van der Waals surface area contributed by atoms with Gasteiger partial charge in [0.25, 0.3) is 0 Å². The number of carbonyl (C=O) groups excluding carboxylic acids is 1. The first kappa shape index (κ1) is 18.3. The fourth-order valence-corrected chi connectivity index (χ4v) is 1.61. The van der Waals surface area contributed by atoms with Crippen LogP contribution in [0.5, 0.6) is 0 Å². The Morgan fingerprint density at radius 1 is 1.25 bits per heavy atom. The van der Waals surface area contributed by atoms with Crippen molar-refractivity contribution in [2.45, 2.75) is 53.4 Å². The minimum absolute atomic E-state index is 0.261. The van der Waals surface area contributed by atoms with E-state index < -0.39 is 0 Å². The van der Waals surface area contributed by atoms with Gasteiger partial charge in [-0.3, -0.25) is 0 Å². The number of Topliss-reactive ketones (excluding diaryl/α,β-unsaturated/α-hetero) is 1. The molecule has 0 radical (unpaired) electrons. The largest absolute Gasteiger partial charge is 0.300 e. The fraction of sp³-hybridized carbons (Fsp3) is 0.526. The van der Waals surface area contributed by atoms with Crippen molar-refractivity contribution >= 4 is 5.78 Å². The van der Waals surface area contributed by atoms with Gasteiger partial charge in [-0.2, -0.15) is 0 Å². The SMILES string of the molecule is CC#CC[C@@H](C)/C=C/C=C/C#C[C@@H](C)CCCC(C)=O. The first-order valence-electron chi connectivity index (χ1n) is 7.29. The highest BCUT2D eigenvalue weighted by Gasteiger charge is 1.98. The summed E-state index contributed by atoms with van der Waals surface area (Å²) in [7, 11) is 0. The zero-order chi connectivity index (χ0) is 15.2. The molecule has 1 heteroatoms. The van der Waals surface area contributed by atoms with Crippen LogP contribution in [-0.2, 0) is 4.79 Å². The Morgan fingerprint density at radius 3 is 2.65 bits per heavy atom. The van der Waals surface area contributed by atoms with Crippen LogP contribution in [0, 0.1) is 35.5 Å². The molecular weight excluding hydrogens is 244 g/mol. The minimum atomic E-state index is 0.261. The predicted octanol–water partition coefficient (Wildman–Crippen LogP) is 4.55. The Bertz CT molecular complexity index is 446. The molecule has 2 atom stereocenters. The molecule has 0 fully saturated rings. The number of ketones is 1. The molecule has 0 aliphatic rings. The van der Waals surface area contributed by atoms with Gasteiger partial charge in [0, 0.05) is 18.8 Å². The molecule has 0 heterocycles. The highest BCUT2D eigenvalue weighted by Crippen LogP contribution is 2.06. The monoisotopic (exact) mass is 270 g/mol. The summed E-state index contributed by atoms with van der Waals surface area (Å²) in [4.78, 5) is 10.8. The van der Waals surface area contributed by atoms with Crippen molar-refractivity contribution in [1.29, 1.82) is 0 Å². The quantitative estimate of drug-likeness (QED) is 0.490. The lowest BCUT2D eigenvalue weighted by Gasteiger charge is -2.00. The normalized spacial score (nSPS) is 13.4. The second-order valence-corrected chi connectivity index (χ2v) is 5.14. The van der Waals surface area contributed by atoms with Crippen LogP contribution in [0.25, 0.3) is 0 Å². The number of hydrogen-bond donors (Lipinski definition) is 0. The minimum Gasteiger partial charge on any atom is -0.300 e. The van der Waals surface area contributed by atoms with Crippen LogP contribution in [0.1, 0.15) is 53.4 Å². The van der Waals surface area contributed by atoms with Crippen LogP contribution in [0.4, 0.5) is 0 Å². The highest BCUT2D eigenvalue weighted by molar-refractivity contribution is 5.75. The summed E-state index contributed by atoms with van der Waals surface area (Å²) in [6.07, 6.45) is 11.5. The van der Waals surface area contributed by atoms with E-state index in [4.69, 9.17) is 0 Å². The van der Waals surface area contributed by atoms with E-state index >= 15 is 0 Å². The Labute approximate surface area is 124 Å². The first-order valence-corrected chi connectivity index (χ1v) is 7.29. The number of hydrogen-bond acceptors (Lipinski definition) is 1. The van der Waals surface area contributed by atoms with Crippen LogP contribution in [0.3, 0.4) is 0 Å². The molecule has 0 aliphatic carbocycles. The lowest BCUT2D eigenvalue weighted by Crippen LogP contribution is -1.94. The lowest BCUT2D eigenvalue weighted by atomic mass is 10.0. The van der Waals surface area contributed by atoms with Crippen LogP contribution >= 0.6 is 0 Å². The molecule has 0 bridgehead atoms. The molecule has 0 spiro atoms. The maximum atomic E-state index is 10.8. The third-order valence-electron chi connectivity index (χ3n) is 2.83. The summed E-state index contributed by atoms with van der Waals surface area (Å²) < 4.78 is 0. The van der Waals surface area contributed by atoms with Gasteiger partial charge in [-0.1, -0.05) is 43.9 Å². The van der Waals surface area contributed by atoms with E-state index in [1.165, 1.54) is 0 Å². The Kier molecular flexibility index (Phi) is 11.2. The molecule has 0 amide bonds. The van der Waals surface area contributed by atoms with Gasteiger partial charge in [-0.15, -0.1) is 11.8 Å². The van der Waals surface area contributed by atoms with E-state index in [2.05, 4.69) is 43.6 Å². The van der Waals surface area contributed by atoms with Gasteiger partial charge in [0.15, 0.2) is 0 Å². The standard InChI is InChI=1S/C19H26O/c1-5-6-12-17(2)13-9-7-8-10-14-18(3)15-11-16-19(4)20/h7-9,13,17-18H,11-12,15-16H2,1-4H3/b8-7+,13-9+/t17-,18-/m1/s1. The molecule has 0 aromatic rings. The molecule has 0 unspecified atom stereocenters. The highest BCUT2D eigenvalue weighted by atomic mass is 16.1. The Hall–Kier alpha value is -1.73. The number of allylic oxidation sites excluding steroid dienone is 4. The Morgan fingerprint density at radius 2 is 2.00 bits per heavy atom. The van der Waals surface area contributed by atoms with Crippen LogP contribution in [0.2, 0.25) is 0 Å². The molecule has 0 rings (SSSR count). The molecule has 0 aromatic heterocycles. The van der Waals surface area contributed by atoms with Gasteiger partial charge in [0.2, 0.25) is 0 Å². The van der Waals surface area contributed by atoms with Gasteiger partial charge in [-0.25, -0.2) is 0 Å². The summed E-state index contributed by atoms with van der Waals surface area (Å²) >= 11 is 0. The second-order valence-electron chi connectivity index (χ2n) is 5.14. The lowest BCUT2D eigenvalue weighted by molar-refractivity contribution is -0.117. The first-order chi connectivity index (χ1) is 9.56. The van der Waals surface area contributed by atoms with E-state index in [-0.39, 0.29) is 5.78 Å². The average molecular weight is 270 g/mol. The van der Waals surface area contributed by atoms with E-state index in [9.17, 15) is 4.79 Å². The van der Waals surface area contributed by atoms with E-state index in [0.717, 1.165) is 19.3 Å². The second kappa shape index (κ2) is 12.3. The van der Waals surface area contributed by atoms with Crippen LogP contribution in [0.15, 0.2) is 24.3 Å². The van der Waals surface area contributed by atoms with Gasteiger partial charge < -0.3 is 4.79 Å². The molecule has 0 saturated heterocycles. The summed E-state index contributed by atoms with van der Waals surface area (Å²) in [6, 6.07) is 0. The van der Waals surface area contributed by atoms with Crippen LogP contribution < -0.4 is 0 Å². The van der Waals surface area contributed by atoms with Crippen molar-refractivity contribution in [3.8, 4) is 23.7 Å². The number of carbonyl (C=O) groups is 1. The molecule has 0 aromatic carbocycles. The topological polar surface area (TPSA) is 17.1 Å². The van der Waals surface area contributed by atoms with Gasteiger partial charge >= 0.3 is 0 Å². The molecule has 1 nitrogen and oxygen atoms in total. The average Bonchev–Trinajstić information content (AvgIpc) is 2.39. The van der Waals surface area contributed by atoms with Gasteiger partial charge in [0.05, 0.1) is 0 Å². The zero-order valence-electron chi connectivity index (χ0n) is 13.2. The maximum Gasteiger partial charge on any atom is 0.129 e. The van der Waals surface area contributed by atoms with Crippen molar-refractivity contribution in [1.82, 2.24) is 0 Å². The molecular formula is C19H26O. The van der Waals surface area contributed by atoms with Crippen molar-refractivity contribution in [2.24, 2.45) is 11.8 Å². The van der Waals surface area contributed by atoms with E-state index in [1.807, 2.05) is 25.2 Å². The Balaban J connectivity index is 3.93. The molecule has 108 valence electrons.